The third-order valence-electron chi connectivity index (χ3n) is 10.9. The Morgan fingerprint density at radius 3 is 2.88 bits per heavy atom. The lowest BCUT2D eigenvalue weighted by Crippen LogP contribution is -2.83. The number of anilines is 1. The number of nitrogens with zero attached hydrogens (tertiary/aromatic N) is 1. The van der Waals surface area contributed by atoms with Crippen LogP contribution in [0.4, 0.5) is 5.13 Å². The molecule has 0 amide bonds. The lowest BCUT2D eigenvalue weighted by Gasteiger charge is -2.76. The molecule has 34 heavy (non-hydrogen) atoms. The van der Waals surface area contributed by atoms with Gasteiger partial charge in [-0.15, -0.1) is 11.3 Å². The number of nitrogens with one attached hydrogen (secondary N) is 1. The molecule has 1 aromatic rings. The van der Waals surface area contributed by atoms with Crippen LogP contribution < -0.4 is 5.32 Å². The standard InChI is InChI=1S/C28H36N2O3S/c1-6-7-11-29-24-30-22-17(34-24)13-25(4,5)21-15(3)28(32)27-18(26(21,22)10-12-33-28)9-8-16-14(2)19(20(16)27)23(27)31/h10,12,15-16,18,20-21,32H,6-9,11,13H2,1-5H3,(H,29,30). The summed E-state index contributed by atoms with van der Waals surface area (Å²) in [4.78, 5) is 20.7. The van der Waals surface area contributed by atoms with Gasteiger partial charge in [0.05, 0.1) is 12.0 Å². The Morgan fingerprint density at radius 2 is 2.12 bits per heavy atom. The van der Waals surface area contributed by atoms with Gasteiger partial charge in [-0.2, -0.15) is 0 Å². The van der Waals surface area contributed by atoms with Crippen molar-refractivity contribution < 1.29 is 14.6 Å². The normalized spacial score (nSPS) is 46.3. The molecular weight excluding hydrogens is 444 g/mol. The van der Waals surface area contributed by atoms with E-state index in [1.165, 1.54) is 10.5 Å². The van der Waals surface area contributed by atoms with Gasteiger partial charge in [0.15, 0.2) is 10.9 Å². The van der Waals surface area contributed by atoms with E-state index >= 15 is 0 Å². The van der Waals surface area contributed by atoms with Gasteiger partial charge in [-0.1, -0.05) is 39.7 Å². The van der Waals surface area contributed by atoms with Crippen molar-refractivity contribution in [2.24, 2.45) is 40.4 Å². The fourth-order valence-electron chi connectivity index (χ4n) is 9.94. The molecule has 3 saturated carbocycles. The van der Waals surface area contributed by atoms with Crippen molar-refractivity contribution in [2.75, 3.05) is 11.9 Å². The zero-order chi connectivity index (χ0) is 23.8. The van der Waals surface area contributed by atoms with Gasteiger partial charge in [0.25, 0.3) is 0 Å². The number of fused-ring (bicyclic) bond motifs is 2. The molecule has 3 fully saturated rings. The Kier molecular flexibility index (Phi) is 4.04. The van der Waals surface area contributed by atoms with E-state index < -0.39 is 16.6 Å². The lowest BCUT2D eigenvalue weighted by atomic mass is 9.26. The summed E-state index contributed by atoms with van der Waals surface area (Å²) in [6, 6.07) is 0. The van der Waals surface area contributed by atoms with E-state index in [0.717, 1.165) is 55.0 Å². The number of rotatable bonds is 4. The van der Waals surface area contributed by atoms with Crippen molar-refractivity contribution in [1.29, 1.82) is 0 Å². The molecule has 3 heterocycles. The topological polar surface area (TPSA) is 71.5 Å². The third-order valence-corrected chi connectivity index (χ3v) is 11.9. The summed E-state index contributed by atoms with van der Waals surface area (Å²) in [6.07, 6.45) is 9.21. The largest absolute Gasteiger partial charge is 0.469 e. The lowest BCUT2D eigenvalue weighted by molar-refractivity contribution is -0.352. The first-order valence-corrected chi connectivity index (χ1v) is 14.0. The van der Waals surface area contributed by atoms with Crippen molar-refractivity contribution in [3.8, 4) is 0 Å². The molecule has 5 nitrogen and oxygen atoms in total. The molecule has 2 spiro atoms. The first kappa shape index (κ1) is 21.6. The molecule has 0 aromatic carbocycles. The molecule has 6 heteroatoms. The van der Waals surface area contributed by atoms with Crippen molar-refractivity contribution in [3.63, 3.8) is 0 Å². The van der Waals surface area contributed by atoms with Gasteiger partial charge >= 0.3 is 0 Å². The van der Waals surface area contributed by atoms with Gasteiger partial charge in [-0.05, 0) is 61.9 Å². The molecule has 0 saturated heterocycles. The number of carbonyl (C=O) groups is 1. The Bertz CT molecular complexity index is 1180. The van der Waals surface area contributed by atoms with Crippen LogP contribution in [0.3, 0.4) is 0 Å². The van der Waals surface area contributed by atoms with Crippen LogP contribution in [0.15, 0.2) is 23.5 Å². The number of thiazole rings is 1. The Balaban J connectivity index is 1.47. The van der Waals surface area contributed by atoms with Crippen LogP contribution in [-0.2, 0) is 21.4 Å². The maximum absolute atomic E-state index is 14.1. The molecule has 2 aliphatic heterocycles. The first-order chi connectivity index (χ1) is 16.2. The maximum Gasteiger partial charge on any atom is 0.224 e. The summed E-state index contributed by atoms with van der Waals surface area (Å²) in [5.74, 6) is -0.765. The minimum absolute atomic E-state index is 0.0134. The zero-order valence-corrected chi connectivity index (χ0v) is 21.7. The van der Waals surface area contributed by atoms with E-state index in [0.29, 0.717) is 5.92 Å². The van der Waals surface area contributed by atoms with Crippen LogP contribution in [0.5, 0.6) is 0 Å². The van der Waals surface area contributed by atoms with Crippen molar-refractivity contribution in [2.45, 2.75) is 77.9 Å². The zero-order valence-electron chi connectivity index (χ0n) is 20.9. The molecule has 2 N–H and O–H groups in total. The Morgan fingerprint density at radius 1 is 1.32 bits per heavy atom. The summed E-state index contributed by atoms with van der Waals surface area (Å²) < 4.78 is 6.34. The summed E-state index contributed by atoms with van der Waals surface area (Å²) in [5, 5.41) is 17.0. The fraction of sp³-hybridized carbons (Fsp3) is 0.714. The van der Waals surface area contributed by atoms with Crippen LogP contribution in [0.25, 0.3) is 0 Å². The van der Waals surface area contributed by atoms with E-state index in [2.05, 4.69) is 46.0 Å². The van der Waals surface area contributed by atoms with Gasteiger partial charge in [-0.3, -0.25) is 4.79 Å². The first-order valence-electron chi connectivity index (χ1n) is 13.2. The number of Topliss-reactive ketones (excluding diaryl/α,β-unsaturated/α-hetero) is 1. The molecule has 8 unspecified atom stereocenters. The van der Waals surface area contributed by atoms with Crippen LogP contribution in [0, 0.1) is 40.4 Å². The SMILES string of the molecule is CCCCNc1nc2c(s1)CC(C)(C)C1C(C)C3(O)OC=CC21C1CCC2C(C)=C4C(=O)C13C42. The van der Waals surface area contributed by atoms with E-state index in [-0.39, 0.29) is 34.9 Å². The van der Waals surface area contributed by atoms with Crippen molar-refractivity contribution in [1.82, 2.24) is 4.98 Å². The van der Waals surface area contributed by atoms with E-state index in [4.69, 9.17) is 9.72 Å². The second-order valence-electron chi connectivity index (χ2n) is 12.6. The summed E-state index contributed by atoms with van der Waals surface area (Å²) in [5.41, 5.74) is 2.11. The van der Waals surface area contributed by atoms with Gasteiger partial charge in [0.1, 0.15) is 5.41 Å². The monoisotopic (exact) mass is 480 g/mol. The molecule has 2 bridgehead atoms. The highest BCUT2D eigenvalue weighted by molar-refractivity contribution is 7.15. The molecule has 5 aliphatic carbocycles. The number of ether oxygens (including phenoxy) is 1. The number of allylic oxidation sites excluding steroid dienone is 3. The number of hydrogen-bond acceptors (Lipinski definition) is 6. The molecule has 8 rings (SSSR count). The highest BCUT2D eigenvalue weighted by Gasteiger charge is 2.87. The van der Waals surface area contributed by atoms with E-state index in [1.54, 1.807) is 17.6 Å². The quantitative estimate of drug-likeness (QED) is 0.579. The number of ketones is 1. The molecule has 7 aliphatic rings. The van der Waals surface area contributed by atoms with Crippen molar-refractivity contribution in [3.05, 3.63) is 34.1 Å². The molecule has 0 radical (unpaired) electrons. The van der Waals surface area contributed by atoms with E-state index in [1.807, 2.05) is 0 Å². The number of aliphatic hydroxyl groups is 1. The maximum atomic E-state index is 14.1. The Labute approximate surface area is 206 Å². The summed E-state index contributed by atoms with van der Waals surface area (Å²) in [6.45, 7) is 12.1. The number of aromatic nitrogens is 1. The smallest absolute Gasteiger partial charge is 0.224 e. The van der Waals surface area contributed by atoms with Gasteiger partial charge in [0.2, 0.25) is 5.79 Å². The molecular formula is C28H36N2O3S. The second kappa shape index (κ2) is 6.36. The molecule has 182 valence electrons. The van der Waals surface area contributed by atoms with Crippen LogP contribution in [0.2, 0.25) is 0 Å². The summed E-state index contributed by atoms with van der Waals surface area (Å²) >= 11 is 1.80. The van der Waals surface area contributed by atoms with Crippen LogP contribution in [0.1, 0.15) is 70.9 Å². The predicted molar refractivity (Wildman–Crippen MR) is 132 cm³/mol. The third kappa shape index (κ3) is 2.00. The van der Waals surface area contributed by atoms with Gasteiger partial charge in [-0.25, -0.2) is 4.98 Å². The molecule has 8 atom stereocenters. The van der Waals surface area contributed by atoms with Crippen LogP contribution in [-0.4, -0.2) is 28.2 Å². The van der Waals surface area contributed by atoms with Gasteiger partial charge in [0, 0.05) is 34.2 Å². The van der Waals surface area contributed by atoms with Crippen molar-refractivity contribution >= 4 is 22.3 Å². The average molecular weight is 481 g/mol. The second-order valence-corrected chi connectivity index (χ2v) is 13.6. The minimum atomic E-state index is -1.46. The number of hydrogen-bond donors (Lipinski definition) is 2. The molecule has 1 aromatic heterocycles. The highest BCUT2D eigenvalue weighted by Crippen LogP contribution is 2.82. The fourth-order valence-corrected chi connectivity index (χ4v) is 11.2. The Hall–Kier alpha value is -1.66. The average Bonchev–Trinajstić information content (AvgIpc) is 3.06. The highest BCUT2D eigenvalue weighted by atomic mass is 32.1. The number of unbranched alkanes of at least 4 members (excludes halogenated alkanes) is 1. The van der Waals surface area contributed by atoms with Crippen LogP contribution >= 0.6 is 11.3 Å². The summed E-state index contributed by atoms with van der Waals surface area (Å²) in [7, 11) is 0. The minimum Gasteiger partial charge on any atom is -0.469 e. The number of carbonyl (C=O) groups excluding carboxylic acids is 1. The predicted octanol–water partition coefficient (Wildman–Crippen LogP) is 5.22. The van der Waals surface area contributed by atoms with Gasteiger partial charge < -0.3 is 15.2 Å². The van der Waals surface area contributed by atoms with E-state index in [9.17, 15) is 9.90 Å².